The van der Waals surface area contributed by atoms with Gasteiger partial charge in [-0.15, -0.1) is 0 Å². The number of benzene rings is 1. The van der Waals surface area contributed by atoms with Crippen LogP contribution in [-0.2, 0) is 0 Å². The molecule has 1 aliphatic heterocycles. The summed E-state index contributed by atoms with van der Waals surface area (Å²) in [5.41, 5.74) is 1.13. The van der Waals surface area contributed by atoms with Crippen LogP contribution >= 0.6 is 23.2 Å². The summed E-state index contributed by atoms with van der Waals surface area (Å²) >= 11 is 11.2. The smallest absolute Gasteiger partial charge is 0.316 e. The molecular formula is C11H12Cl2N2O. The van der Waals surface area contributed by atoms with E-state index in [1.165, 1.54) is 0 Å². The van der Waals surface area contributed by atoms with Gasteiger partial charge in [0.1, 0.15) is 0 Å². The van der Waals surface area contributed by atoms with E-state index in [0.29, 0.717) is 13.1 Å². The van der Waals surface area contributed by atoms with Gasteiger partial charge < -0.3 is 9.80 Å². The maximum absolute atomic E-state index is 10.9. The van der Waals surface area contributed by atoms with Gasteiger partial charge in [-0.25, -0.2) is 0 Å². The number of hydrogen-bond donors (Lipinski definition) is 0. The highest BCUT2D eigenvalue weighted by atomic mass is 35.5. The molecule has 1 aliphatic rings. The first-order valence-electron chi connectivity index (χ1n) is 5.12. The maximum atomic E-state index is 10.9. The lowest BCUT2D eigenvalue weighted by atomic mass is 10.2. The summed E-state index contributed by atoms with van der Waals surface area (Å²) in [5, 5.41) is 0.370. The van der Waals surface area contributed by atoms with Crippen LogP contribution in [0.15, 0.2) is 24.3 Å². The van der Waals surface area contributed by atoms with Gasteiger partial charge in [0.15, 0.2) is 0 Å². The van der Waals surface area contributed by atoms with Gasteiger partial charge in [0.05, 0.1) is 0 Å². The van der Waals surface area contributed by atoms with Crippen molar-refractivity contribution in [1.29, 1.82) is 0 Å². The summed E-state index contributed by atoms with van der Waals surface area (Å²) in [6.07, 6.45) is 0. The van der Waals surface area contributed by atoms with Crippen LogP contribution in [0.5, 0.6) is 0 Å². The average Bonchev–Trinajstić information content (AvgIpc) is 2.30. The Balaban J connectivity index is 1.99. The molecule has 0 aromatic heterocycles. The molecule has 0 unspecified atom stereocenters. The minimum absolute atomic E-state index is 0.365. The number of hydrogen-bond acceptors (Lipinski definition) is 2. The fourth-order valence-electron chi connectivity index (χ4n) is 1.79. The highest BCUT2D eigenvalue weighted by Gasteiger charge is 2.19. The van der Waals surface area contributed by atoms with Crippen molar-refractivity contribution in [3.63, 3.8) is 0 Å². The van der Waals surface area contributed by atoms with E-state index in [1.807, 2.05) is 24.3 Å². The van der Waals surface area contributed by atoms with E-state index in [2.05, 4.69) is 4.90 Å². The lowest BCUT2D eigenvalue weighted by Gasteiger charge is -2.34. The predicted molar refractivity (Wildman–Crippen MR) is 66.5 cm³/mol. The summed E-state index contributed by atoms with van der Waals surface area (Å²) < 4.78 is 0. The monoisotopic (exact) mass is 258 g/mol. The molecule has 0 bridgehead atoms. The molecule has 16 heavy (non-hydrogen) atoms. The summed E-state index contributed by atoms with van der Waals surface area (Å²) in [5.74, 6) is 0. The van der Waals surface area contributed by atoms with E-state index in [4.69, 9.17) is 23.2 Å². The zero-order chi connectivity index (χ0) is 11.5. The summed E-state index contributed by atoms with van der Waals surface area (Å²) in [4.78, 5) is 14.8. The van der Waals surface area contributed by atoms with Crippen LogP contribution in [0, 0.1) is 0 Å². The SMILES string of the molecule is O=C(Cl)N1CCN(c2ccc(Cl)cc2)CC1. The molecule has 1 heterocycles. The first-order valence-corrected chi connectivity index (χ1v) is 5.87. The van der Waals surface area contributed by atoms with Crippen molar-refractivity contribution in [3.8, 4) is 0 Å². The minimum Gasteiger partial charge on any atom is -0.368 e. The topological polar surface area (TPSA) is 23.6 Å². The molecule has 0 radical (unpaired) electrons. The predicted octanol–water partition coefficient (Wildman–Crippen LogP) is 2.82. The second-order valence-corrected chi connectivity index (χ2v) is 4.46. The molecule has 0 saturated carbocycles. The lowest BCUT2D eigenvalue weighted by molar-refractivity contribution is 0.218. The fraction of sp³-hybridized carbons (Fsp3) is 0.364. The van der Waals surface area contributed by atoms with Crippen LogP contribution < -0.4 is 4.90 Å². The van der Waals surface area contributed by atoms with Crippen molar-refractivity contribution < 1.29 is 4.79 Å². The minimum atomic E-state index is -0.365. The largest absolute Gasteiger partial charge is 0.368 e. The average molecular weight is 259 g/mol. The number of piperazine rings is 1. The zero-order valence-electron chi connectivity index (χ0n) is 8.70. The molecule has 1 aromatic carbocycles. The standard InChI is InChI=1S/C11H12Cl2N2O/c12-9-1-3-10(4-2-9)14-5-7-15(8-6-14)11(13)16/h1-4H,5-8H2. The van der Waals surface area contributed by atoms with E-state index >= 15 is 0 Å². The Kier molecular flexibility index (Phi) is 3.56. The van der Waals surface area contributed by atoms with E-state index < -0.39 is 0 Å². The van der Waals surface area contributed by atoms with Crippen LogP contribution in [-0.4, -0.2) is 36.4 Å². The molecule has 86 valence electrons. The first kappa shape index (κ1) is 11.6. The zero-order valence-corrected chi connectivity index (χ0v) is 10.2. The van der Waals surface area contributed by atoms with E-state index in [0.717, 1.165) is 23.8 Å². The van der Waals surface area contributed by atoms with Crippen molar-refractivity contribution in [2.45, 2.75) is 0 Å². The highest BCUT2D eigenvalue weighted by molar-refractivity contribution is 6.62. The van der Waals surface area contributed by atoms with Gasteiger partial charge >= 0.3 is 5.37 Å². The molecule has 1 amide bonds. The van der Waals surface area contributed by atoms with Gasteiger partial charge in [-0.2, -0.15) is 0 Å². The van der Waals surface area contributed by atoms with Gasteiger partial charge in [-0.05, 0) is 35.9 Å². The van der Waals surface area contributed by atoms with Gasteiger partial charge in [-0.3, -0.25) is 4.79 Å². The maximum Gasteiger partial charge on any atom is 0.316 e. The first-order chi connectivity index (χ1) is 7.66. The van der Waals surface area contributed by atoms with Gasteiger partial charge in [-0.1, -0.05) is 11.6 Å². The molecule has 3 nitrogen and oxygen atoms in total. The third kappa shape index (κ3) is 2.60. The normalized spacial score (nSPS) is 16.4. The molecule has 0 atom stereocenters. The van der Waals surface area contributed by atoms with E-state index in [9.17, 15) is 4.79 Å². The Hall–Kier alpha value is -0.930. The molecule has 0 aliphatic carbocycles. The molecule has 2 rings (SSSR count). The number of halogens is 2. The molecule has 1 saturated heterocycles. The number of amides is 1. The molecule has 0 spiro atoms. The third-order valence-electron chi connectivity index (χ3n) is 2.72. The van der Waals surface area contributed by atoms with Crippen LogP contribution in [0.1, 0.15) is 0 Å². The molecule has 5 heteroatoms. The van der Waals surface area contributed by atoms with Gasteiger partial charge in [0.25, 0.3) is 0 Å². The number of carbonyl (C=O) groups is 1. The van der Waals surface area contributed by atoms with Crippen LogP contribution in [0.2, 0.25) is 5.02 Å². The Labute approximate surface area is 105 Å². The van der Waals surface area contributed by atoms with Gasteiger partial charge in [0.2, 0.25) is 0 Å². The van der Waals surface area contributed by atoms with Crippen molar-refractivity contribution >= 4 is 34.3 Å². The van der Waals surface area contributed by atoms with Crippen LogP contribution in [0.3, 0.4) is 0 Å². The molecule has 0 N–H and O–H groups in total. The van der Waals surface area contributed by atoms with Crippen molar-refractivity contribution in [2.24, 2.45) is 0 Å². The highest BCUT2D eigenvalue weighted by Crippen LogP contribution is 2.19. The lowest BCUT2D eigenvalue weighted by Crippen LogP contribution is -2.47. The number of rotatable bonds is 1. The number of anilines is 1. The number of carbonyl (C=O) groups excluding carboxylic acids is 1. The van der Waals surface area contributed by atoms with Crippen molar-refractivity contribution in [3.05, 3.63) is 29.3 Å². The fourth-order valence-corrected chi connectivity index (χ4v) is 2.09. The summed E-state index contributed by atoms with van der Waals surface area (Å²) in [6.45, 7) is 2.95. The third-order valence-corrected chi connectivity index (χ3v) is 3.21. The Bertz CT molecular complexity index is 372. The Morgan fingerprint density at radius 2 is 1.62 bits per heavy atom. The van der Waals surface area contributed by atoms with E-state index in [-0.39, 0.29) is 5.37 Å². The van der Waals surface area contributed by atoms with Gasteiger partial charge in [0, 0.05) is 36.9 Å². The molecular weight excluding hydrogens is 247 g/mol. The second kappa shape index (κ2) is 4.93. The van der Waals surface area contributed by atoms with Crippen molar-refractivity contribution in [2.75, 3.05) is 31.1 Å². The van der Waals surface area contributed by atoms with Crippen LogP contribution in [0.25, 0.3) is 0 Å². The quantitative estimate of drug-likeness (QED) is 0.572. The van der Waals surface area contributed by atoms with Crippen LogP contribution in [0.4, 0.5) is 10.5 Å². The van der Waals surface area contributed by atoms with E-state index in [1.54, 1.807) is 4.90 Å². The second-order valence-electron chi connectivity index (χ2n) is 3.70. The molecule has 1 fully saturated rings. The Morgan fingerprint density at radius 3 is 2.12 bits per heavy atom. The number of nitrogens with zero attached hydrogens (tertiary/aromatic N) is 2. The Morgan fingerprint density at radius 1 is 1.06 bits per heavy atom. The summed E-state index contributed by atoms with van der Waals surface area (Å²) in [6, 6.07) is 7.72. The summed E-state index contributed by atoms with van der Waals surface area (Å²) in [7, 11) is 0. The van der Waals surface area contributed by atoms with Crippen molar-refractivity contribution in [1.82, 2.24) is 4.90 Å². The molecule has 1 aromatic rings.